The fraction of sp³-hybridized carbons (Fsp3) is 0.300. The fourth-order valence-corrected chi connectivity index (χ4v) is 2.39. The van der Waals surface area contributed by atoms with Crippen LogP contribution in [0.2, 0.25) is 0 Å². The van der Waals surface area contributed by atoms with Crippen LogP contribution in [0.3, 0.4) is 0 Å². The first-order valence-corrected chi connectivity index (χ1v) is 8.48. The number of allylic oxidation sites excluding steroid dienone is 1. The second-order valence-corrected chi connectivity index (χ2v) is 5.85. The van der Waals surface area contributed by atoms with Crippen molar-refractivity contribution in [3.8, 4) is 5.75 Å². The molecule has 5 heteroatoms. The van der Waals surface area contributed by atoms with Crippen LogP contribution in [0.5, 0.6) is 5.75 Å². The third kappa shape index (κ3) is 5.95. The minimum absolute atomic E-state index is 0.226. The maximum Gasteiger partial charge on any atom is 0.259 e. The Morgan fingerprint density at radius 3 is 2.88 bits per heavy atom. The van der Waals surface area contributed by atoms with Crippen molar-refractivity contribution in [3.05, 3.63) is 60.3 Å². The monoisotopic (exact) mass is 339 g/mol. The molecule has 3 N–H and O–H groups in total. The molecule has 0 bridgehead atoms. The van der Waals surface area contributed by atoms with Crippen LogP contribution in [0.1, 0.15) is 41.7 Å². The number of nitrogens with one attached hydrogen (secondary N) is 1. The van der Waals surface area contributed by atoms with Gasteiger partial charge in [0, 0.05) is 17.4 Å². The van der Waals surface area contributed by atoms with E-state index in [0.717, 1.165) is 37.1 Å². The topological polar surface area (TPSA) is 77.2 Å². The van der Waals surface area contributed by atoms with Crippen LogP contribution in [0.4, 0.5) is 11.5 Å². The number of carbonyl (C=O) groups excluding carboxylic acids is 1. The van der Waals surface area contributed by atoms with E-state index in [2.05, 4.69) is 16.9 Å². The summed E-state index contributed by atoms with van der Waals surface area (Å²) in [6, 6.07) is 10.8. The molecule has 0 radical (unpaired) electrons. The number of aryl methyl sites for hydroxylation is 1. The summed E-state index contributed by atoms with van der Waals surface area (Å²) in [7, 11) is 0. The molecule has 0 fully saturated rings. The van der Waals surface area contributed by atoms with Crippen molar-refractivity contribution in [3.63, 3.8) is 0 Å². The van der Waals surface area contributed by atoms with E-state index in [1.807, 2.05) is 31.2 Å². The Hall–Kier alpha value is -2.82. The van der Waals surface area contributed by atoms with Gasteiger partial charge in [0.15, 0.2) is 0 Å². The largest absolute Gasteiger partial charge is 0.494 e. The maximum absolute atomic E-state index is 12.3. The summed E-state index contributed by atoms with van der Waals surface area (Å²) in [5.74, 6) is 0.674. The van der Waals surface area contributed by atoms with E-state index in [1.165, 1.54) is 0 Å². The number of pyridine rings is 1. The molecule has 132 valence electrons. The third-order valence-electron chi connectivity index (χ3n) is 3.72. The predicted molar refractivity (Wildman–Crippen MR) is 102 cm³/mol. The Kier molecular flexibility index (Phi) is 7.01. The minimum atomic E-state index is -0.286. The van der Waals surface area contributed by atoms with E-state index < -0.39 is 0 Å². The lowest BCUT2D eigenvalue weighted by atomic mass is 10.2. The second kappa shape index (κ2) is 9.47. The van der Waals surface area contributed by atoms with Gasteiger partial charge in [-0.3, -0.25) is 4.79 Å². The quantitative estimate of drug-likeness (QED) is 0.526. The molecule has 0 saturated carbocycles. The number of rotatable bonds is 9. The molecule has 0 aliphatic rings. The lowest BCUT2D eigenvalue weighted by Gasteiger charge is -2.10. The number of ether oxygens (including phenoxy) is 1. The molecule has 0 aliphatic heterocycles. The Morgan fingerprint density at radius 1 is 1.28 bits per heavy atom. The first kappa shape index (κ1) is 18.5. The molecule has 0 spiro atoms. The van der Waals surface area contributed by atoms with Gasteiger partial charge in [0.25, 0.3) is 5.91 Å². The van der Waals surface area contributed by atoms with Crippen molar-refractivity contribution >= 4 is 17.4 Å². The van der Waals surface area contributed by atoms with Gasteiger partial charge in [0.1, 0.15) is 11.6 Å². The van der Waals surface area contributed by atoms with Crippen LogP contribution in [-0.4, -0.2) is 17.5 Å². The molecular formula is C20H25N3O2. The molecular weight excluding hydrogens is 314 g/mol. The van der Waals surface area contributed by atoms with Gasteiger partial charge in [-0.15, -0.1) is 6.58 Å². The standard InChI is InChI=1S/C20H25N3O2/c1-3-4-5-6-7-13-25-17-10-8-9-16(14-17)23-20(24)18-12-11-15(2)22-19(18)21/h3,8-12,14H,1,4-7,13H2,2H3,(H2,21,22)(H,23,24). The average molecular weight is 339 g/mol. The van der Waals surface area contributed by atoms with E-state index in [0.29, 0.717) is 17.9 Å². The highest BCUT2D eigenvalue weighted by Crippen LogP contribution is 2.19. The number of amides is 1. The Morgan fingerprint density at radius 2 is 2.12 bits per heavy atom. The molecule has 0 saturated heterocycles. The number of benzene rings is 1. The van der Waals surface area contributed by atoms with Crippen LogP contribution in [-0.2, 0) is 0 Å². The Labute approximate surface area is 148 Å². The normalized spacial score (nSPS) is 10.3. The summed E-state index contributed by atoms with van der Waals surface area (Å²) in [5, 5.41) is 2.83. The fourth-order valence-electron chi connectivity index (χ4n) is 2.39. The van der Waals surface area contributed by atoms with E-state index in [9.17, 15) is 4.79 Å². The molecule has 1 aromatic carbocycles. The van der Waals surface area contributed by atoms with Crippen molar-refractivity contribution in [2.24, 2.45) is 0 Å². The Balaban J connectivity index is 1.90. The zero-order valence-corrected chi connectivity index (χ0v) is 14.6. The summed E-state index contributed by atoms with van der Waals surface area (Å²) in [5.41, 5.74) is 7.62. The molecule has 0 atom stereocenters. The van der Waals surface area contributed by atoms with Gasteiger partial charge in [-0.2, -0.15) is 0 Å². The van der Waals surface area contributed by atoms with Crippen molar-refractivity contribution in [1.82, 2.24) is 4.98 Å². The SMILES string of the molecule is C=CCCCCCOc1cccc(NC(=O)c2ccc(C)nc2N)c1. The van der Waals surface area contributed by atoms with Gasteiger partial charge in [-0.05, 0) is 56.9 Å². The molecule has 1 amide bonds. The Bertz CT molecular complexity index is 729. The smallest absolute Gasteiger partial charge is 0.259 e. The van der Waals surface area contributed by atoms with Crippen molar-refractivity contribution in [2.75, 3.05) is 17.7 Å². The van der Waals surface area contributed by atoms with Gasteiger partial charge < -0.3 is 15.8 Å². The summed E-state index contributed by atoms with van der Waals surface area (Å²) in [6.45, 7) is 6.20. The number of nitrogens with two attached hydrogens (primary N) is 1. The first-order valence-electron chi connectivity index (χ1n) is 8.48. The van der Waals surface area contributed by atoms with E-state index >= 15 is 0 Å². The number of anilines is 2. The number of aromatic nitrogens is 1. The molecule has 0 unspecified atom stereocenters. The summed E-state index contributed by atoms with van der Waals surface area (Å²) >= 11 is 0. The van der Waals surface area contributed by atoms with Gasteiger partial charge in [0.2, 0.25) is 0 Å². The van der Waals surface area contributed by atoms with Crippen molar-refractivity contribution < 1.29 is 9.53 Å². The maximum atomic E-state index is 12.3. The molecule has 0 aliphatic carbocycles. The molecule has 1 aromatic heterocycles. The van der Waals surface area contributed by atoms with Gasteiger partial charge >= 0.3 is 0 Å². The van der Waals surface area contributed by atoms with E-state index in [-0.39, 0.29) is 11.7 Å². The number of nitrogen functional groups attached to an aromatic ring is 1. The minimum Gasteiger partial charge on any atom is -0.494 e. The molecule has 2 rings (SSSR count). The summed E-state index contributed by atoms with van der Waals surface area (Å²) in [4.78, 5) is 16.4. The molecule has 5 nitrogen and oxygen atoms in total. The highest BCUT2D eigenvalue weighted by molar-refractivity contribution is 6.07. The van der Waals surface area contributed by atoms with Crippen molar-refractivity contribution in [1.29, 1.82) is 0 Å². The average Bonchev–Trinajstić information content (AvgIpc) is 2.58. The highest BCUT2D eigenvalue weighted by atomic mass is 16.5. The van der Waals surface area contributed by atoms with Gasteiger partial charge in [-0.1, -0.05) is 12.1 Å². The number of hydrogen-bond acceptors (Lipinski definition) is 4. The van der Waals surface area contributed by atoms with Gasteiger partial charge in [-0.25, -0.2) is 4.98 Å². The van der Waals surface area contributed by atoms with E-state index in [1.54, 1.807) is 18.2 Å². The third-order valence-corrected chi connectivity index (χ3v) is 3.72. The molecule has 2 aromatic rings. The molecule has 1 heterocycles. The van der Waals surface area contributed by atoms with Crippen molar-refractivity contribution in [2.45, 2.75) is 32.6 Å². The summed E-state index contributed by atoms with van der Waals surface area (Å²) in [6.07, 6.45) is 6.22. The lowest BCUT2D eigenvalue weighted by Crippen LogP contribution is -2.15. The number of carbonyl (C=O) groups is 1. The van der Waals surface area contributed by atoms with Crippen LogP contribution >= 0.6 is 0 Å². The predicted octanol–water partition coefficient (Wildman–Crippen LogP) is 4.35. The second-order valence-electron chi connectivity index (χ2n) is 5.85. The zero-order chi connectivity index (χ0) is 18.1. The summed E-state index contributed by atoms with van der Waals surface area (Å²) < 4.78 is 5.74. The van der Waals surface area contributed by atoms with Crippen LogP contribution in [0, 0.1) is 6.92 Å². The van der Waals surface area contributed by atoms with E-state index in [4.69, 9.17) is 10.5 Å². The number of nitrogens with zero attached hydrogens (tertiary/aromatic N) is 1. The van der Waals surface area contributed by atoms with Crippen LogP contribution in [0.25, 0.3) is 0 Å². The van der Waals surface area contributed by atoms with Crippen LogP contribution < -0.4 is 15.8 Å². The molecule has 25 heavy (non-hydrogen) atoms. The lowest BCUT2D eigenvalue weighted by molar-refractivity contribution is 0.102. The highest BCUT2D eigenvalue weighted by Gasteiger charge is 2.11. The zero-order valence-electron chi connectivity index (χ0n) is 14.6. The van der Waals surface area contributed by atoms with Crippen LogP contribution in [0.15, 0.2) is 49.1 Å². The first-order chi connectivity index (χ1) is 12.1. The number of unbranched alkanes of at least 4 members (excludes halogenated alkanes) is 3. The number of hydrogen-bond donors (Lipinski definition) is 2. The van der Waals surface area contributed by atoms with Gasteiger partial charge in [0.05, 0.1) is 12.2 Å².